The highest BCUT2D eigenvalue weighted by molar-refractivity contribution is 7.15. The van der Waals surface area contributed by atoms with Gasteiger partial charge in [0.15, 0.2) is 0 Å². The van der Waals surface area contributed by atoms with Crippen LogP contribution in [0.1, 0.15) is 59.5 Å². The molecule has 0 unspecified atom stereocenters. The smallest absolute Gasteiger partial charge is 0.318 e. The molecule has 1 aliphatic carbocycles. The van der Waals surface area contributed by atoms with Crippen LogP contribution in [0, 0.1) is 0 Å². The predicted octanol–water partition coefficient (Wildman–Crippen LogP) is 4.99. The van der Waals surface area contributed by atoms with Gasteiger partial charge in [0, 0.05) is 23.2 Å². The molecule has 1 atom stereocenters. The molecule has 3 heterocycles. The average Bonchev–Trinajstić information content (AvgIpc) is 3.46. The number of ether oxygens (including phenoxy) is 2. The number of urea groups is 1. The van der Waals surface area contributed by atoms with Crippen LogP contribution in [-0.2, 0) is 28.9 Å². The van der Waals surface area contributed by atoms with Crippen LogP contribution in [0.25, 0.3) is 5.00 Å². The number of nitrogens with zero attached hydrogens (tertiary/aromatic N) is 2. The number of benzene rings is 1. The number of thiophene rings is 1. The van der Waals surface area contributed by atoms with Crippen LogP contribution in [0.2, 0.25) is 0 Å². The lowest BCUT2D eigenvalue weighted by atomic mass is 9.95. The molecule has 2 aromatic heterocycles. The summed E-state index contributed by atoms with van der Waals surface area (Å²) >= 11 is 1.86. The van der Waals surface area contributed by atoms with Crippen molar-refractivity contribution >= 4 is 23.3 Å². The Kier molecular flexibility index (Phi) is 6.81. The lowest BCUT2D eigenvalue weighted by Crippen LogP contribution is -2.42. The van der Waals surface area contributed by atoms with Gasteiger partial charge >= 0.3 is 12.0 Å². The molecule has 0 saturated heterocycles. The Labute approximate surface area is 209 Å². The summed E-state index contributed by atoms with van der Waals surface area (Å²) in [6.07, 6.45) is 6.80. The molecule has 3 aromatic rings. The van der Waals surface area contributed by atoms with Crippen LogP contribution in [0.5, 0.6) is 5.75 Å². The second-order valence-electron chi connectivity index (χ2n) is 8.89. The van der Waals surface area contributed by atoms with Gasteiger partial charge in [-0.15, -0.1) is 11.3 Å². The molecule has 8 heteroatoms. The molecule has 0 saturated carbocycles. The van der Waals surface area contributed by atoms with Crippen molar-refractivity contribution in [2.45, 2.75) is 51.6 Å². The van der Waals surface area contributed by atoms with E-state index in [0.717, 1.165) is 29.8 Å². The van der Waals surface area contributed by atoms with E-state index in [1.807, 2.05) is 47.4 Å². The van der Waals surface area contributed by atoms with Crippen molar-refractivity contribution < 1.29 is 19.1 Å². The van der Waals surface area contributed by atoms with Gasteiger partial charge in [0.05, 0.1) is 38.4 Å². The Bertz CT molecular complexity index is 1230. The Morgan fingerprint density at radius 1 is 1.14 bits per heavy atom. The predicted molar refractivity (Wildman–Crippen MR) is 135 cm³/mol. The van der Waals surface area contributed by atoms with E-state index in [9.17, 15) is 9.59 Å². The molecule has 1 N–H and O–H groups in total. The van der Waals surface area contributed by atoms with Crippen molar-refractivity contribution in [1.29, 1.82) is 0 Å². The third-order valence-electron chi connectivity index (χ3n) is 6.76. The number of nitrogens with one attached hydrogen (secondary N) is 1. The highest BCUT2D eigenvalue weighted by Crippen LogP contribution is 2.44. The van der Waals surface area contributed by atoms with E-state index >= 15 is 0 Å². The van der Waals surface area contributed by atoms with Gasteiger partial charge in [-0.05, 0) is 68.0 Å². The number of carbonyl (C=O) groups excluding carboxylic acids is 2. The molecule has 7 nitrogen and oxygen atoms in total. The summed E-state index contributed by atoms with van der Waals surface area (Å²) in [7, 11) is 1.36. The lowest BCUT2D eigenvalue weighted by Gasteiger charge is -2.31. The Balaban J connectivity index is 1.58. The number of hydrogen-bond acceptors (Lipinski definition) is 5. The molecule has 184 valence electrons. The van der Waals surface area contributed by atoms with E-state index in [4.69, 9.17) is 9.47 Å². The molecule has 2 amide bonds. The summed E-state index contributed by atoms with van der Waals surface area (Å²) < 4.78 is 12.8. The van der Waals surface area contributed by atoms with Crippen molar-refractivity contribution in [3.63, 3.8) is 0 Å². The number of rotatable bonds is 6. The number of amides is 2. The van der Waals surface area contributed by atoms with Crippen molar-refractivity contribution in [3.05, 3.63) is 69.9 Å². The molecule has 35 heavy (non-hydrogen) atoms. The average molecular weight is 494 g/mol. The first-order chi connectivity index (χ1) is 17.1. The number of esters is 1. The summed E-state index contributed by atoms with van der Waals surface area (Å²) in [4.78, 5) is 28.6. The molecule has 1 aromatic carbocycles. The van der Waals surface area contributed by atoms with Gasteiger partial charge in [0.2, 0.25) is 0 Å². The minimum Gasteiger partial charge on any atom is -0.494 e. The number of methoxy groups -OCH3 is 1. The van der Waals surface area contributed by atoms with Crippen LogP contribution in [0.4, 0.5) is 4.79 Å². The topological polar surface area (TPSA) is 72.8 Å². The number of carbonyl (C=O) groups is 2. The maximum absolute atomic E-state index is 13.7. The zero-order chi connectivity index (χ0) is 24.4. The molecular formula is C27H31N3O4S. The van der Waals surface area contributed by atoms with E-state index in [1.165, 1.54) is 41.0 Å². The second kappa shape index (κ2) is 10.2. The summed E-state index contributed by atoms with van der Waals surface area (Å²) in [5, 5.41) is 4.18. The Morgan fingerprint density at radius 2 is 2.00 bits per heavy atom. The van der Waals surface area contributed by atoms with Gasteiger partial charge < -0.3 is 24.3 Å². The van der Waals surface area contributed by atoms with E-state index in [0.29, 0.717) is 13.2 Å². The second-order valence-corrected chi connectivity index (χ2v) is 9.98. The molecule has 5 rings (SSSR count). The Hall–Kier alpha value is -3.26. The largest absolute Gasteiger partial charge is 0.494 e. The first-order valence-electron chi connectivity index (χ1n) is 12.3. The standard InChI is InChI=1S/C27H31N3O4S/c1-3-34-19-9-6-8-18(16-19)25-22-11-7-15-29(22)26-21(20-10-4-5-12-23(20)35-26)17-30(25)27(32)28-14-13-24(31)33-2/h6-9,11,15-16,25H,3-5,10,12-14,17H2,1-2H3,(H,28,32)/t25-/m0/s1. The van der Waals surface area contributed by atoms with Crippen molar-refractivity contribution in [1.82, 2.24) is 14.8 Å². The maximum atomic E-state index is 13.7. The first kappa shape index (κ1) is 23.5. The molecule has 2 aliphatic rings. The maximum Gasteiger partial charge on any atom is 0.318 e. The molecule has 0 fully saturated rings. The quantitative estimate of drug-likeness (QED) is 0.491. The van der Waals surface area contributed by atoms with Crippen LogP contribution >= 0.6 is 11.3 Å². The highest BCUT2D eigenvalue weighted by atomic mass is 32.1. The van der Waals surface area contributed by atoms with Crippen LogP contribution < -0.4 is 10.1 Å². The minimum absolute atomic E-state index is 0.135. The van der Waals surface area contributed by atoms with Crippen LogP contribution in [0.15, 0.2) is 42.6 Å². The fourth-order valence-electron chi connectivity index (χ4n) is 5.15. The molecular weight excluding hydrogens is 462 g/mol. The Morgan fingerprint density at radius 3 is 2.83 bits per heavy atom. The van der Waals surface area contributed by atoms with Crippen molar-refractivity contribution in [2.75, 3.05) is 20.3 Å². The first-order valence-corrected chi connectivity index (χ1v) is 13.1. The van der Waals surface area contributed by atoms with Gasteiger partial charge in [-0.3, -0.25) is 4.79 Å². The van der Waals surface area contributed by atoms with Crippen LogP contribution in [0.3, 0.4) is 0 Å². The summed E-state index contributed by atoms with van der Waals surface area (Å²) in [6.45, 7) is 3.27. The lowest BCUT2D eigenvalue weighted by molar-refractivity contribution is -0.140. The number of aromatic nitrogens is 1. The van der Waals surface area contributed by atoms with Gasteiger partial charge in [-0.25, -0.2) is 4.79 Å². The van der Waals surface area contributed by atoms with Gasteiger partial charge in [-0.1, -0.05) is 12.1 Å². The van der Waals surface area contributed by atoms with E-state index in [1.54, 1.807) is 0 Å². The van der Waals surface area contributed by atoms with Gasteiger partial charge in [0.25, 0.3) is 0 Å². The fraction of sp³-hybridized carbons (Fsp3) is 0.407. The molecule has 0 bridgehead atoms. The zero-order valence-corrected chi connectivity index (χ0v) is 21.0. The van der Waals surface area contributed by atoms with Crippen LogP contribution in [-0.4, -0.2) is 41.7 Å². The van der Waals surface area contributed by atoms with E-state index in [2.05, 4.69) is 28.2 Å². The zero-order valence-electron chi connectivity index (χ0n) is 20.2. The van der Waals surface area contributed by atoms with E-state index in [-0.39, 0.29) is 31.0 Å². The molecule has 1 aliphatic heterocycles. The molecule has 0 radical (unpaired) electrons. The third kappa shape index (κ3) is 4.55. The SMILES string of the molecule is CCOc1cccc([C@H]2c3cccn3-c3sc4c(c3CN2C(=O)NCCC(=O)OC)CCCC4)c1. The number of aryl methyl sites for hydroxylation is 1. The normalized spacial score (nSPS) is 16.5. The summed E-state index contributed by atoms with van der Waals surface area (Å²) in [5.74, 6) is 0.441. The molecule has 0 spiro atoms. The van der Waals surface area contributed by atoms with Crippen molar-refractivity contribution in [2.24, 2.45) is 0 Å². The minimum atomic E-state index is -0.342. The summed E-state index contributed by atoms with van der Waals surface area (Å²) in [6, 6.07) is 11.6. The summed E-state index contributed by atoms with van der Waals surface area (Å²) in [5.41, 5.74) is 4.68. The van der Waals surface area contributed by atoms with Gasteiger partial charge in [-0.2, -0.15) is 0 Å². The van der Waals surface area contributed by atoms with Crippen molar-refractivity contribution in [3.8, 4) is 10.8 Å². The number of hydrogen-bond donors (Lipinski definition) is 1. The highest BCUT2D eigenvalue weighted by Gasteiger charge is 2.36. The van der Waals surface area contributed by atoms with Gasteiger partial charge in [0.1, 0.15) is 10.8 Å². The third-order valence-corrected chi connectivity index (χ3v) is 8.09. The number of fused-ring (bicyclic) bond motifs is 5. The monoisotopic (exact) mass is 493 g/mol. The fourth-order valence-corrected chi connectivity index (χ4v) is 6.56. The van der Waals surface area contributed by atoms with E-state index < -0.39 is 0 Å².